The smallest absolute Gasteiger partial charge is 0.381 e. The lowest BCUT2D eigenvalue weighted by atomic mass is 10.0. The maximum atomic E-state index is 12.7. The van der Waals surface area contributed by atoms with Gasteiger partial charge in [0.25, 0.3) is 0 Å². The van der Waals surface area contributed by atoms with Gasteiger partial charge in [0.15, 0.2) is 0 Å². The number of rotatable bonds is 2. The van der Waals surface area contributed by atoms with Crippen LogP contribution in [0.3, 0.4) is 0 Å². The van der Waals surface area contributed by atoms with Gasteiger partial charge in [-0.2, -0.15) is 18.4 Å². The van der Waals surface area contributed by atoms with Crippen LogP contribution in [0.2, 0.25) is 0 Å². The summed E-state index contributed by atoms with van der Waals surface area (Å²) in [5.74, 6) is 0.694. The Morgan fingerprint density at radius 2 is 1.95 bits per heavy atom. The summed E-state index contributed by atoms with van der Waals surface area (Å²) in [4.78, 5) is 0. The van der Waals surface area contributed by atoms with Crippen molar-refractivity contribution in [1.82, 2.24) is 0 Å². The summed E-state index contributed by atoms with van der Waals surface area (Å²) in [5.41, 5.74) is -0.216. The van der Waals surface area contributed by atoms with E-state index < -0.39 is 11.7 Å². The molecule has 1 aliphatic carbocycles. The fourth-order valence-corrected chi connectivity index (χ4v) is 2.79. The van der Waals surface area contributed by atoms with E-state index in [9.17, 15) is 13.2 Å². The van der Waals surface area contributed by atoms with Gasteiger partial charge < -0.3 is 5.32 Å². The zero-order valence-electron chi connectivity index (χ0n) is 12.0. The first-order valence-electron chi connectivity index (χ1n) is 7.28. The summed E-state index contributed by atoms with van der Waals surface area (Å²) < 4.78 is 38.0. The van der Waals surface area contributed by atoms with Crippen LogP contribution in [-0.4, -0.2) is 6.04 Å². The van der Waals surface area contributed by atoms with Crippen LogP contribution in [0, 0.1) is 17.2 Å². The second kappa shape index (κ2) is 6.38. The fraction of sp³-hybridized carbons (Fsp3) is 0.562. The number of halogens is 3. The van der Waals surface area contributed by atoms with E-state index in [1.165, 1.54) is 12.5 Å². The van der Waals surface area contributed by atoms with Crippen molar-refractivity contribution in [2.24, 2.45) is 5.92 Å². The number of nitrogens with zero attached hydrogens (tertiary/aromatic N) is 1. The fourth-order valence-electron chi connectivity index (χ4n) is 2.79. The van der Waals surface area contributed by atoms with Gasteiger partial charge in [-0.05, 0) is 43.4 Å². The molecular formula is C16H19F3N2. The van der Waals surface area contributed by atoms with E-state index in [0.29, 0.717) is 11.6 Å². The van der Waals surface area contributed by atoms with Gasteiger partial charge in [-0.15, -0.1) is 0 Å². The molecule has 0 aliphatic heterocycles. The maximum absolute atomic E-state index is 12.7. The van der Waals surface area contributed by atoms with Crippen molar-refractivity contribution < 1.29 is 13.2 Å². The van der Waals surface area contributed by atoms with Crippen molar-refractivity contribution in [3.8, 4) is 6.07 Å². The van der Waals surface area contributed by atoms with Crippen molar-refractivity contribution in [2.75, 3.05) is 5.32 Å². The van der Waals surface area contributed by atoms with Crippen LogP contribution in [0.5, 0.6) is 0 Å². The highest BCUT2D eigenvalue weighted by Gasteiger charge is 2.31. The molecule has 1 N–H and O–H groups in total. The number of nitrogens with one attached hydrogen (secondary N) is 1. The second-order valence-electron chi connectivity index (χ2n) is 5.82. The number of benzene rings is 1. The van der Waals surface area contributed by atoms with E-state index in [-0.39, 0.29) is 11.6 Å². The Kier molecular flexibility index (Phi) is 4.76. The Hall–Kier alpha value is -1.70. The molecule has 2 atom stereocenters. The molecule has 0 saturated heterocycles. The lowest BCUT2D eigenvalue weighted by Crippen LogP contribution is -2.19. The van der Waals surface area contributed by atoms with Crippen LogP contribution in [0.25, 0.3) is 0 Å². The molecule has 114 valence electrons. The van der Waals surface area contributed by atoms with Crippen LogP contribution in [-0.2, 0) is 6.18 Å². The topological polar surface area (TPSA) is 35.8 Å². The van der Waals surface area contributed by atoms with Crippen molar-refractivity contribution in [2.45, 2.75) is 51.2 Å². The Morgan fingerprint density at radius 3 is 2.62 bits per heavy atom. The Morgan fingerprint density at radius 1 is 1.19 bits per heavy atom. The highest BCUT2D eigenvalue weighted by atomic mass is 19.4. The summed E-state index contributed by atoms with van der Waals surface area (Å²) in [6.45, 7) is 2.22. The molecule has 0 heterocycles. The van der Waals surface area contributed by atoms with Gasteiger partial charge >= 0.3 is 6.18 Å². The molecule has 2 rings (SSSR count). The number of hydrogen-bond acceptors (Lipinski definition) is 2. The molecule has 1 saturated carbocycles. The van der Waals surface area contributed by atoms with Crippen molar-refractivity contribution in [3.05, 3.63) is 29.3 Å². The largest absolute Gasteiger partial charge is 0.416 e. The van der Waals surface area contributed by atoms with E-state index in [4.69, 9.17) is 5.26 Å². The summed E-state index contributed by atoms with van der Waals surface area (Å²) in [5, 5.41) is 12.3. The summed E-state index contributed by atoms with van der Waals surface area (Å²) in [7, 11) is 0. The minimum absolute atomic E-state index is 0.0575. The van der Waals surface area contributed by atoms with Gasteiger partial charge in [-0.3, -0.25) is 0 Å². The van der Waals surface area contributed by atoms with Gasteiger partial charge in [0.1, 0.15) is 6.07 Å². The van der Waals surface area contributed by atoms with E-state index in [2.05, 4.69) is 12.2 Å². The highest BCUT2D eigenvalue weighted by Crippen LogP contribution is 2.32. The Balaban J connectivity index is 2.15. The summed E-state index contributed by atoms with van der Waals surface area (Å²) >= 11 is 0. The van der Waals surface area contributed by atoms with Crippen LogP contribution >= 0.6 is 0 Å². The average Bonchev–Trinajstić information content (AvgIpc) is 2.63. The van der Waals surface area contributed by atoms with Crippen LogP contribution < -0.4 is 5.32 Å². The third-order valence-electron chi connectivity index (χ3n) is 4.08. The standard InChI is InChI=1S/C16H19F3N2/c1-11-3-2-4-14(7-5-11)21-15-8-6-13(16(17,18)19)9-12(15)10-20/h6,8-9,11,14,21H,2-5,7H2,1H3. The molecule has 2 unspecified atom stereocenters. The first-order chi connectivity index (χ1) is 9.90. The molecule has 0 spiro atoms. The minimum Gasteiger partial charge on any atom is -0.381 e. The van der Waals surface area contributed by atoms with E-state index >= 15 is 0 Å². The SMILES string of the molecule is CC1CCCC(Nc2ccc(C(F)(F)F)cc2C#N)CC1. The van der Waals surface area contributed by atoms with Crippen molar-refractivity contribution in [1.29, 1.82) is 5.26 Å². The summed E-state index contributed by atoms with van der Waals surface area (Å²) in [6.07, 6.45) is 0.989. The van der Waals surface area contributed by atoms with Gasteiger partial charge in [0.05, 0.1) is 16.8 Å². The lowest BCUT2D eigenvalue weighted by Gasteiger charge is -2.19. The molecule has 0 amide bonds. The van der Waals surface area contributed by atoms with Gasteiger partial charge in [0, 0.05) is 6.04 Å². The molecule has 0 radical (unpaired) electrons. The quantitative estimate of drug-likeness (QED) is 0.783. The van der Waals surface area contributed by atoms with E-state index in [1.54, 1.807) is 0 Å². The zero-order chi connectivity index (χ0) is 15.5. The molecule has 1 fully saturated rings. The van der Waals surface area contributed by atoms with Crippen molar-refractivity contribution >= 4 is 5.69 Å². The average molecular weight is 296 g/mol. The van der Waals surface area contributed by atoms with E-state index in [0.717, 1.165) is 37.8 Å². The molecule has 21 heavy (non-hydrogen) atoms. The second-order valence-corrected chi connectivity index (χ2v) is 5.82. The highest BCUT2D eigenvalue weighted by molar-refractivity contribution is 5.59. The lowest BCUT2D eigenvalue weighted by molar-refractivity contribution is -0.137. The van der Waals surface area contributed by atoms with Gasteiger partial charge in [-0.25, -0.2) is 0 Å². The number of nitriles is 1. The Labute approximate surface area is 123 Å². The number of alkyl halides is 3. The van der Waals surface area contributed by atoms with Crippen LogP contribution in [0.15, 0.2) is 18.2 Å². The predicted octanol–water partition coefficient (Wildman–Crippen LogP) is 4.96. The minimum atomic E-state index is -4.41. The number of anilines is 1. The number of hydrogen-bond donors (Lipinski definition) is 1. The van der Waals surface area contributed by atoms with Gasteiger partial charge in [-0.1, -0.05) is 19.8 Å². The molecule has 0 bridgehead atoms. The predicted molar refractivity (Wildman–Crippen MR) is 75.8 cm³/mol. The third kappa shape index (κ3) is 4.13. The molecule has 2 nitrogen and oxygen atoms in total. The molecule has 1 aliphatic rings. The monoisotopic (exact) mass is 296 g/mol. The molecular weight excluding hydrogens is 277 g/mol. The maximum Gasteiger partial charge on any atom is 0.416 e. The molecule has 5 heteroatoms. The van der Waals surface area contributed by atoms with Crippen molar-refractivity contribution in [3.63, 3.8) is 0 Å². The summed E-state index contributed by atoms with van der Waals surface area (Å²) in [6, 6.07) is 5.41. The first-order valence-corrected chi connectivity index (χ1v) is 7.28. The third-order valence-corrected chi connectivity index (χ3v) is 4.08. The Bertz CT molecular complexity index is 531. The van der Waals surface area contributed by atoms with Gasteiger partial charge in [0.2, 0.25) is 0 Å². The normalized spacial score (nSPS) is 23.2. The van der Waals surface area contributed by atoms with Crippen LogP contribution in [0.1, 0.15) is 50.2 Å². The first kappa shape index (κ1) is 15.7. The molecule has 1 aromatic carbocycles. The van der Waals surface area contributed by atoms with Crippen LogP contribution in [0.4, 0.5) is 18.9 Å². The molecule has 0 aromatic heterocycles. The zero-order valence-corrected chi connectivity index (χ0v) is 12.0. The molecule has 1 aromatic rings. The van der Waals surface area contributed by atoms with E-state index in [1.807, 2.05) is 6.07 Å².